The lowest BCUT2D eigenvalue weighted by Gasteiger charge is -2.24. The van der Waals surface area contributed by atoms with E-state index < -0.39 is 0 Å². The zero-order valence-corrected chi connectivity index (χ0v) is 8.44. The standard InChI is InChI=1S/C10H15N3O/c1-12-7-14-5-9-10(12)11-6-13(9)4-8-2-3-8/h6,8H,2-5,7H2,1H3. The Morgan fingerprint density at radius 3 is 3.21 bits per heavy atom. The molecule has 0 atom stereocenters. The van der Waals surface area contributed by atoms with E-state index in [2.05, 4.69) is 14.5 Å². The van der Waals surface area contributed by atoms with Gasteiger partial charge in [0.1, 0.15) is 6.73 Å². The predicted molar refractivity (Wildman–Crippen MR) is 53.0 cm³/mol. The molecule has 0 aromatic carbocycles. The summed E-state index contributed by atoms with van der Waals surface area (Å²) in [6.45, 7) is 2.50. The molecule has 0 N–H and O–H groups in total. The molecular weight excluding hydrogens is 178 g/mol. The van der Waals surface area contributed by atoms with E-state index in [0.29, 0.717) is 13.3 Å². The molecule has 0 amide bonds. The summed E-state index contributed by atoms with van der Waals surface area (Å²) in [6, 6.07) is 0. The number of imidazole rings is 1. The molecule has 3 rings (SSSR count). The molecule has 1 aromatic heterocycles. The van der Waals surface area contributed by atoms with Gasteiger partial charge in [-0.25, -0.2) is 4.98 Å². The highest BCUT2D eigenvalue weighted by molar-refractivity contribution is 5.44. The van der Waals surface area contributed by atoms with Crippen LogP contribution >= 0.6 is 0 Å². The lowest BCUT2D eigenvalue weighted by atomic mass is 10.3. The molecule has 1 aliphatic carbocycles. The lowest BCUT2D eigenvalue weighted by molar-refractivity contribution is 0.107. The number of nitrogens with zero attached hydrogens (tertiary/aromatic N) is 3. The highest BCUT2D eigenvalue weighted by Crippen LogP contribution is 2.32. The van der Waals surface area contributed by atoms with Crippen LogP contribution in [0.3, 0.4) is 0 Å². The largest absolute Gasteiger partial charge is 0.355 e. The number of hydrogen-bond acceptors (Lipinski definition) is 3. The third-order valence-electron chi connectivity index (χ3n) is 2.96. The summed E-state index contributed by atoms with van der Waals surface area (Å²) in [7, 11) is 2.02. The Labute approximate surface area is 83.5 Å². The van der Waals surface area contributed by atoms with E-state index in [0.717, 1.165) is 18.3 Å². The molecule has 4 nitrogen and oxygen atoms in total. The van der Waals surface area contributed by atoms with Crippen molar-refractivity contribution in [3.05, 3.63) is 12.0 Å². The summed E-state index contributed by atoms with van der Waals surface area (Å²) < 4.78 is 7.73. The van der Waals surface area contributed by atoms with E-state index in [1.54, 1.807) is 0 Å². The zero-order chi connectivity index (χ0) is 9.54. The Hall–Kier alpha value is -1.03. The van der Waals surface area contributed by atoms with E-state index in [1.807, 2.05) is 13.4 Å². The van der Waals surface area contributed by atoms with Crippen LogP contribution in [0.2, 0.25) is 0 Å². The maximum atomic E-state index is 5.47. The minimum atomic E-state index is 0.660. The van der Waals surface area contributed by atoms with Crippen LogP contribution in [-0.4, -0.2) is 23.3 Å². The SMILES string of the molecule is CN1COCc2c1ncn2CC1CC1. The van der Waals surface area contributed by atoms with Crippen molar-refractivity contribution < 1.29 is 4.74 Å². The Bertz CT molecular complexity index is 343. The van der Waals surface area contributed by atoms with Gasteiger partial charge in [0.2, 0.25) is 0 Å². The zero-order valence-electron chi connectivity index (χ0n) is 8.44. The molecule has 2 aliphatic rings. The topological polar surface area (TPSA) is 30.3 Å². The monoisotopic (exact) mass is 193 g/mol. The summed E-state index contributed by atoms with van der Waals surface area (Å²) in [5, 5.41) is 0. The van der Waals surface area contributed by atoms with Crippen molar-refractivity contribution in [1.82, 2.24) is 9.55 Å². The van der Waals surface area contributed by atoms with Gasteiger partial charge in [0.15, 0.2) is 5.82 Å². The van der Waals surface area contributed by atoms with Gasteiger partial charge in [0, 0.05) is 13.6 Å². The fraction of sp³-hybridized carbons (Fsp3) is 0.700. The molecule has 0 bridgehead atoms. The van der Waals surface area contributed by atoms with E-state index in [-0.39, 0.29) is 0 Å². The Balaban J connectivity index is 1.89. The summed E-state index contributed by atoms with van der Waals surface area (Å²) >= 11 is 0. The van der Waals surface area contributed by atoms with Crippen molar-refractivity contribution >= 4 is 5.82 Å². The van der Waals surface area contributed by atoms with Crippen molar-refractivity contribution in [3.8, 4) is 0 Å². The second-order valence-corrected chi connectivity index (χ2v) is 4.29. The Morgan fingerprint density at radius 1 is 1.57 bits per heavy atom. The third-order valence-corrected chi connectivity index (χ3v) is 2.96. The highest BCUT2D eigenvalue weighted by Gasteiger charge is 2.25. The molecule has 1 fully saturated rings. The van der Waals surface area contributed by atoms with Crippen LogP contribution in [0.5, 0.6) is 0 Å². The summed E-state index contributed by atoms with van der Waals surface area (Å²) in [6.07, 6.45) is 4.71. The number of fused-ring (bicyclic) bond motifs is 1. The van der Waals surface area contributed by atoms with E-state index in [9.17, 15) is 0 Å². The minimum absolute atomic E-state index is 0.660. The van der Waals surface area contributed by atoms with Crippen molar-refractivity contribution in [1.29, 1.82) is 0 Å². The van der Waals surface area contributed by atoms with Crippen molar-refractivity contribution in [2.45, 2.75) is 26.0 Å². The molecule has 0 spiro atoms. The van der Waals surface area contributed by atoms with E-state index in [1.165, 1.54) is 18.5 Å². The van der Waals surface area contributed by atoms with Gasteiger partial charge >= 0.3 is 0 Å². The van der Waals surface area contributed by atoms with Gasteiger partial charge in [0.05, 0.1) is 18.6 Å². The predicted octanol–water partition coefficient (Wildman–Crippen LogP) is 1.22. The number of rotatable bonds is 2. The van der Waals surface area contributed by atoms with Crippen molar-refractivity contribution in [2.75, 3.05) is 18.7 Å². The fourth-order valence-electron chi connectivity index (χ4n) is 1.94. The molecule has 1 saturated carbocycles. The first-order chi connectivity index (χ1) is 6.84. The van der Waals surface area contributed by atoms with Gasteiger partial charge in [0.25, 0.3) is 0 Å². The normalized spacial score (nSPS) is 21.1. The third kappa shape index (κ3) is 1.30. The molecule has 1 aliphatic heterocycles. The second kappa shape index (κ2) is 2.98. The van der Waals surface area contributed by atoms with Gasteiger partial charge in [-0.3, -0.25) is 0 Å². The van der Waals surface area contributed by atoms with E-state index >= 15 is 0 Å². The average molecular weight is 193 g/mol. The summed E-state index contributed by atoms with van der Waals surface area (Å²) in [4.78, 5) is 6.49. The van der Waals surface area contributed by atoms with Gasteiger partial charge in [-0.05, 0) is 18.8 Å². The quantitative estimate of drug-likeness (QED) is 0.707. The van der Waals surface area contributed by atoms with Gasteiger partial charge in [-0.2, -0.15) is 0 Å². The Kier molecular flexibility index (Phi) is 1.77. The molecule has 0 unspecified atom stereocenters. The molecule has 4 heteroatoms. The van der Waals surface area contributed by atoms with Crippen molar-refractivity contribution in [2.24, 2.45) is 5.92 Å². The second-order valence-electron chi connectivity index (χ2n) is 4.29. The smallest absolute Gasteiger partial charge is 0.154 e. The molecule has 2 heterocycles. The molecule has 1 aromatic rings. The number of hydrogen-bond donors (Lipinski definition) is 0. The lowest BCUT2D eigenvalue weighted by Crippen LogP contribution is -2.27. The summed E-state index contributed by atoms with van der Waals surface area (Å²) in [5.74, 6) is 1.98. The molecule has 0 radical (unpaired) electrons. The van der Waals surface area contributed by atoms with Crippen LogP contribution in [0, 0.1) is 5.92 Å². The first-order valence-corrected chi connectivity index (χ1v) is 5.17. The minimum Gasteiger partial charge on any atom is -0.355 e. The first-order valence-electron chi connectivity index (χ1n) is 5.17. The fourth-order valence-corrected chi connectivity index (χ4v) is 1.94. The van der Waals surface area contributed by atoms with Crippen LogP contribution in [-0.2, 0) is 17.9 Å². The van der Waals surface area contributed by atoms with Crippen molar-refractivity contribution in [3.63, 3.8) is 0 Å². The highest BCUT2D eigenvalue weighted by atomic mass is 16.5. The van der Waals surface area contributed by atoms with Gasteiger partial charge in [-0.1, -0.05) is 0 Å². The first kappa shape index (κ1) is 8.29. The number of anilines is 1. The average Bonchev–Trinajstić information content (AvgIpc) is 2.88. The number of aromatic nitrogens is 2. The van der Waals surface area contributed by atoms with Crippen LogP contribution in [0.1, 0.15) is 18.5 Å². The maximum Gasteiger partial charge on any atom is 0.154 e. The van der Waals surface area contributed by atoms with Gasteiger partial charge < -0.3 is 14.2 Å². The molecule has 76 valence electrons. The molecular formula is C10H15N3O. The van der Waals surface area contributed by atoms with Crippen LogP contribution in [0.15, 0.2) is 6.33 Å². The van der Waals surface area contributed by atoms with E-state index in [4.69, 9.17) is 4.74 Å². The van der Waals surface area contributed by atoms with Crippen LogP contribution in [0.4, 0.5) is 5.82 Å². The van der Waals surface area contributed by atoms with Crippen LogP contribution in [0.25, 0.3) is 0 Å². The van der Waals surface area contributed by atoms with Crippen LogP contribution < -0.4 is 4.90 Å². The van der Waals surface area contributed by atoms with Gasteiger partial charge in [-0.15, -0.1) is 0 Å². The number of ether oxygens (including phenoxy) is 1. The summed E-state index contributed by atoms with van der Waals surface area (Å²) in [5.41, 5.74) is 1.24. The Morgan fingerprint density at radius 2 is 2.43 bits per heavy atom. The molecule has 0 saturated heterocycles. The molecule has 14 heavy (non-hydrogen) atoms. The maximum absolute atomic E-state index is 5.47.